The number of halogens is 6. The molecule has 0 unspecified atom stereocenters. The lowest BCUT2D eigenvalue weighted by Crippen LogP contribution is -2.65. The molecule has 3 amide bonds. The molecule has 4 rings (SSSR count). The van der Waals surface area contributed by atoms with Crippen LogP contribution in [-0.4, -0.2) is 67.5 Å². The van der Waals surface area contributed by atoms with Crippen molar-refractivity contribution in [3.05, 3.63) is 70.8 Å². The average Bonchev–Trinajstić information content (AvgIpc) is 3.35. The van der Waals surface area contributed by atoms with Crippen molar-refractivity contribution in [3.63, 3.8) is 0 Å². The Morgan fingerprint density at radius 1 is 0.956 bits per heavy atom. The molecular formula is C30H33F6N3O6. The maximum Gasteiger partial charge on any atom is 0.416 e. The first kappa shape index (κ1) is 33.9. The molecule has 2 aliphatic heterocycles. The zero-order valence-corrected chi connectivity index (χ0v) is 24.8. The number of carbonyl (C=O) groups excluding carboxylic acids is 3. The second-order valence-corrected chi connectivity index (χ2v) is 11.4. The average molecular weight is 646 g/mol. The first-order chi connectivity index (χ1) is 21.0. The Kier molecular flexibility index (Phi) is 9.61. The molecule has 3 atom stereocenters. The summed E-state index contributed by atoms with van der Waals surface area (Å²) in [7, 11) is 2.87. The van der Waals surface area contributed by atoms with Crippen LogP contribution < -0.4 is 5.32 Å². The second-order valence-electron chi connectivity index (χ2n) is 11.4. The quantitative estimate of drug-likeness (QED) is 0.283. The first-order valence-electron chi connectivity index (χ1n) is 14.0. The highest BCUT2D eigenvalue weighted by molar-refractivity contribution is 5.80. The molecule has 9 nitrogen and oxygen atoms in total. The summed E-state index contributed by atoms with van der Waals surface area (Å²) in [4.78, 5) is 40.2. The number of hydrogen-bond acceptors (Lipinski definition) is 6. The minimum atomic E-state index is -5.04. The van der Waals surface area contributed by atoms with Crippen LogP contribution in [0.5, 0.6) is 0 Å². The first-order valence-corrected chi connectivity index (χ1v) is 14.0. The van der Waals surface area contributed by atoms with Crippen molar-refractivity contribution < 1.29 is 54.9 Å². The molecule has 0 saturated carbocycles. The van der Waals surface area contributed by atoms with Crippen molar-refractivity contribution in [2.45, 2.75) is 62.1 Å². The van der Waals surface area contributed by atoms with Crippen molar-refractivity contribution >= 4 is 18.1 Å². The van der Waals surface area contributed by atoms with Crippen molar-refractivity contribution in [3.8, 4) is 0 Å². The van der Waals surface area contributed by atoms with Crippen molar-refractivity contribution in [2.75, 3.05) is 34.0 Å². The zero-order valence-electron chi connectivity index (χ0n) is 24.8. The molecule has 0 aromatic heterocycles. The van der Waals surface area contributed by atoms with Crippen LogP contribution in [0.3, 0.4) is 0 Å². The van der Waals surface area contributed by atoms with Gasteiger partial charge in [0.25, 0.3) is 0 Å². The SMILES string of the molecule is C[C@@H](OC[C@@]1(c2ccccc2)CC[C@]2(CCC(=O)N2)CN1C(=O)OCOC(=O)N(C)C)c1cc(C(F)(F)F)cc(C(F)(F)F)c1. The molecule has 0 aliphatic carbocycles. The molecule has 246 valence electrons. The largest absolute Gasteiger partial charge is 0.416 e. The summed E-state index contributed by atoms with van der Waals surface area (Å²) in [5, 5.41) is 2.93. The fourth-order valence-corrected chi connectivity index (χ4v) is 5.63. The fraction of sp³-hybridized carbons (Fsp3) is 0.500. The molecule has 2 aromatic carbocycles. The standard InChI is InChI=1S/C30H33F6N3O6/c1-19(20-13-22(29(31,32)33)15-23(14-20)30(34,35)36)43-17-28(21-7-5-4-6-8-21)12-11-27(10-9-24(40)37-27)16-39(28)26(42)45-18-44-25(41)38(2)3/h4-8,13-15,19H,9-12,16-18H2,1-3H3,(H,37,40)/t19-,27-,28-/m1/s1. The van der Waals surface area contributed by atoms with Gasteiger partial charge in [0.1, 0.15) is 0 Å². The number of carbonyl (C=O) groups is 3. The molecule has 0 radical (unpaired) electrons. The Morgan fingerprint density at radius 2 is 1.58 bits per heavy atom. The molecule has 2 aliphatic rings. The number of benzene rings is 2. The number of amides is 3. The Morgan fingerprint density at radius 3 is 2.11 bits per heavy atom. The van der Waals surface area contributed by atoms with Crippen LogP contribution in [-0.2, 0) is 36.9 Å². The van der Waals surface area contributed by atoms with Crippen LogP contribution >= 0.6 is 0 Å². The van der Waals surface area contributed by atoms with Gasteiger partial charge in [-0.2, -0.15) is 26.3 Å². The number of piperidine rings is 1. The molecular weight excluding hydrogens is 612 g/mol. The van der Waals surface area contributed by atoms with Crippen molar-refractivity contribution in [2.24, 2.45) is 0 Å². The van der Waals surface area contributed by atoms with E-state index in [0.717, 1.165) is 4.90 Å². The van der Waals surface area contributed by atoms with E-state index in [0.29, 0.717) is 30.5 Å². The number of nitrogens with one attached hydrogen (secondary N) is 1. The van der Waals surface area contributed by atoms with Crippen molar-refractivity contribution in [1.29, 1.82) is 0 Å². The molecule has 1 spiro atoms. The summed E-state index contributed by atoms with van der Waals surface area (Å²) >= 11 is 0. The van der Waals surface area contributed by atoms with Gasteiger partial charge in [-0.25, -0.2) is 9.59 Å². The minimum Gasteiger partial charge on any atom is -0.412 e. The van der Waals surface area contributed by atoms with E-state index in [9.17, 15) is 40.7 Å². The van der Waals surface area contributed by atoms with Crippen LogP contribution in [0.1, 0.15) is 61.0 Å². The van der Waals surface area contributed by atoms with Crippen LogP contribution in [0.4, 0.5) is 35.9 Å². The van der Waals surface area contributed by atoms with E-state index in [1.807, 2.05) is 0 Å². The maximum absolute atomic E-state index is 13.7. The second kappa shape index (κ2) is 12.8. The monoisotopic (exact) mass is 645 g/mol. The molecule has 2 aromatic rings. The highest BCUT2D eigenvalue weighted by Gasteiger charge is 2.54. The maximum atomic E-state index is 13.7. The number of nitrogens with zero attached hydrogens (tertiary/aromatic N) is 2. The predicted octanol–water partition coefficient (Wildman–Crippen LogP) is 6.23. The highest BCUT2D eigenvalue weighted by Crippen LogP contribution is 2.45. The number of likely N-dealkylation sites (tertiary alicyclic amines) is 1. The van der Waals surface area contributed by atoms with E-state index in [2.05, 4.69) is 5.32 Å². The van der Waals surface area contributed by atoms with E-state index < -0.39 is 59.6 Å². The van der Waals surface area contributed by atoms with E-state index in [1.54, 1.807) is 30.3 Å². The molecule has 2 saturated heterocycles. The molecule has 45 heavy (non-hydrogen) atoms. The van der Waals surface area contributed by atoms with E-state index in [4.69, 9.17) is 14.2 Å². The van der Waals surface area contributed by atoms with E-state index in [1.165, 1.54) is 25.9 Å². The van der Waals surface area contributed by atoms with Gasteiger partial charge in [-0.05, 0) is 55.5 Å². The summed E-state index contributed by atoms with van der Waals surface area (Å²) in [6, 6.07) is 9.79. The van der Waals surface area contributed by atoms with Gasteiger partial charge in [0.15, 0.2) is 0 Å². The number of hydrogen-bond donors (Lipinski definition) is 1. The van der Waals surface area contributed by atoms with Gasteiger partial charge in [0.2, 0.25) is 12.7 Å². The summed E-state index contributed by atoms with van der Waals surface area (Å²) in [5.41, 5.74) is -4.89. The fourth-order valence-electron chi connectivity index (χ4n) is 5.63. The Balaban J connectivity index is 1.69. The molecule has 2 heterocycles. The van der Waals surface area contributed by atoms with Gasteiger partial charge in [0.05, 0.1) is 34.9 Å². The number of rotatable bonds is 7. The van der Waals surface area contributed by atoms with Crippen molar-refractivity contribution in [1.82, 2.24) is 15.1 Å². The number of alkyl halides is 6. The summed E-state index contributed by atoms with van der Waals surface area (Å²) < 4.78 is 97.5. The Labute approximate surface area is 255 Å². The van der Waals surface area contributed by atoms with Gasteiger partial charge in [-0.15, -0.1) is 0 Å². The summed E-state index contributed by atoms with van der Waals surface area (Å²) in [6.07, 6.45) is -11.8. The summed E-state index contributed by atoms with van der Waals surface area (Å²) in [5.74, 6) is -0.203. The van der Waals surface area contributed by atoms with Crippen LogP contribution in [0.2, 0.25) is 0 Å². The smallest absolute Gasteiger partial charge is 0.412 e. The molecule has 2 fully saturated rings. The topological polar surface area (TPSA) is 97.4 Å². The lowest BCUT2D eigenvalue weighted by atomic mass is 9.74. The Bertz CT molecular complexity index is 1370. The summed E-state index contributed by atoms with van der Waals surface area (Å²) in [6.45, 7) is 0.178. The lowest BCUT2D eigenvalue weighted by molar-refractivity contribution is -0.143. The highest BCUT2D eigenvalue weighted by atomic mass is 19.4. The third-order valence-electron chi connectivity index (χ3n) is 8.14. The number of ether oxygens (including phenoxy) is 3. The van der Waals surface area contributed by atoms with Crippen LogP contribution in [0, 0.1) is 0 Å². The van der Waals surface area contributed by atoms with Gasteiger partial charge in [-0.1, -0.05) is 30.3 Å². The zero-order chi connectivity index (χ0) is 33.2. The third kappa shape index (κ3) is 7.63. The normalized spacial score (nSPS) is 22.6. The van der Waals surface area contributed by atoms with Gasteiger partial charge in [-0.3, -0.25) is 9.69 Å². The molecule has 1 N–H and O–H groups in total. The minimum absolute atomic E-state index is 0.0407. The van der Waals surface area contributed by atoms with Gasteiger partial charge in [0, 0.05) is 27.1 Å². The third-order valence-corrected chi connectivity index (χ3v) is 8.14. The Hall–Kier alpha value is -4.01. The predicted molar refractivity (Wildman–Crippen MR) is 146 cm³/mol. The molecule has 0 bridgehead atoms. The van der Waals surface area contributed by atoms with Gasteiger partial charge < -0.3 is 24.4 Å². The molecule has 15 heteroatoms. The van der Waals surface area contributed by atoms with Crippen LogP contribution in [0.15, 0.2) is 48.5 Å². The van der Waals surface area contributed by atoms with Gasteiger partial charge >= 0.3 is 24.5 Å². The van der Waals surface area contributed by atoms with E-state index >= 15 is 0 Å². The van der Waals surface area contributed by atoms with E-state index in [-0.39, 0.29) is 43.5 Å². The lowest BCUT2D eigenvalue weighted by Gasteiger charge is -2.52. The van der Waals surface area contributed by atoms with Crippen LogP contribution in [0.25, 0.3) is 0 Å².